The van der Waals surface area contributed by atoms with Gasteiger partial charge in [-0.2, -0.15) is 0 Å². The van der Waals surface area contributed by atoms with Crippen molar-refractivity contribution in [2.45, 2.75) is 176 Å². The van der Waals surface area contributed by atoms with Gasteiger partial charge in [-0.15, -0.1) is 0 Å². The number of hydrogen-bond acceptors (Lipinski definition) is 0. The van der Waals surface area contributed by atoms with E-state index in [-0.39, 0.29) is 37.9 Å². The molecule has 0 aliphatic heterocycles. The predicted octanol–water partition coefficient (Wildman–Crippen LogP) is 11.8. The minimum Gasteiger partial charge on any atom is -0.0579 e. The highest BCUT2D eigenvalue weighted by atomic mass is 14.4. The van der Waals surface area contributed by atoms with E-state index in [1.165, 1.54) is 44.5 Å². The van der Waals surface area contributed by atoms with Crippen molar-refractivity contribution in [2.24, 2.45) is 0 Å². The van der Waals surface area contributed by atoms with Crippen LogP contribution in [0, 0.1) is 0 Å². The fourth-order valence-electron chi connectivity index (χ4n) is 6.43. The third-order valence-electron chi connectivity index (χ3n) is 8.44. The summed E-state index contributed by atoms with van der Waals surface area (Å²) in [5.41, 5.74) is 12.1. The van der Waals surface area contributed by atoms with Crippen molar-refractivity contribution in [3.8, 4) is 0 Å². The van der Waals surface area contributed by atoms with Gasteiger partial charge in [0.15, 0.2) is 0 Å². The molecule has 2 aromatic rings. The van der Waals surface area contributed by atoms with Crippen LogP contribution in [0.15, 0.2) is 24.3 Å². The Morgan fingerprint density at radius 2 is 0.538 bits per heavy atom. The zero-order chi connectivity index (χ0) is 30.9. The van der Waals surface area contributed by atoms with Gasteiger partial charge in [0.2, 0.25) is 0 Å². The lowest BCUT2D eigenvalue weighted by molar-refractivity contribution is 0.477. The highest BCUT2D eigenvalue weighted by Gasteiger charge is 2.40. The molecule has 220 valence electrons. The third-order valence-corrected chi connectivity index (χ3v) is 8.44. The van der Waals surface area contributed by atoms with E-state index in [1.54, 1.807) is 0 Å². The molecular weight excluding hydrogens is 468 g/mol. The summed E-state index contributed by atoms with van der Waals surface area (Å²) in [6.45, 7) is 47.9. The molecule has 0 fully saturated rings. The topological polar surface area (TPSA) is 0 Å². The zero-order valence-electron chi connectivity index (χ0n) is 29.8. The largest absolute Gasteiger partial charge is 0.0579 e. The Bertz CT molecular complexity index is 1170. The van der Waals surface area contributed by atoms with Crippen LogP contribution in [-0.4, -0.2) is 0 Å². The summed E-state index contributed by atoms with van der Waals surface area (Å²) in [7, 11) is 0. The average molecular weight is 533 g/mol. The van der Waals surface area contributed by atoms with Crippen LogP contribution < -0.4 is 0 Å². The van der Waals surface area contributed by atoms with Gasteiger partial charge in [0, 0.05) is 5.41 Å². The van der Waals surface area contributed by atoms with E-state index in [0.29, 0.717) is 0 Å². The van der Waals surface area contributed by atoms with Crippen LogP contribution in [0.25, 0.3) is 0 Å². The second-order valence-corrected chi connectivity index (χ2v) is 19.0. The quantitative estimate of drug-likeness (QED) is 0.361. The lowest BCUT2D eigenvalue weighted by Gasteiger charge is -2.43. The number of hydrogen-bond donors (Lipinski definition) is 0. The Labute approximate surface area is 244 Å². The molecule has 0 atom stereocenters. The van der Waals surface area contributed by atoms with Gasteiger partial charge < -0.3 is 0 Å². The molecule has 0 saturated heterocycles. The molecule has 0 aliphatic rings. The maximum absolute atomic E-state index is 2.60. The van der Waals surface area contributed by atoms with Gasteiger partial charge in [0.05, 0.1) is 0 Å². The molecule has 0 aliphatic carbocycles. The lowest BCUT2D eigenvalue weighted by atomic mass is 9.61. The van der Waals surface area contributed by atoms with Crippen LogP contribution in [0.4, 0.5) is 0 Å². The average Bonchev–Trinajstić information content (AvgIpc) is 2.67. The van der Waals surface area contributed by atoms with E-state index in [2.05, 4.69) is 163 Å². The normalized spacial score (nSPS) is 14.7. The standard InChI is InChI=1S/C39H64/c1-33(2,3)25-21-22-26(32(38(16,17)18)31(25)37(13,14)15)39(19,20)30-24-28(35(7,8)9)27(34(4,5)6)23-29(30)36(10,11)12/h21-24H,1-20H3. The summed E-state index contributed by atoms with van der Waals surface area (Å²) < 4.78 is 0. The van der Waals surface area contributed by atoms with Crippen molar-refractivity contribution >= 4 is 0 Å². The van der Waals surface area contributed by atoms with Gasteiger partial charge in [-0.1, -0.05) is 163 Å². The molecule has 0 heteroatoms. The van der Waals surface area contributed by atoms with Crippen LogP contribution in [0.3, 0.4) is 0 Å². The Morgan fingerprint density at radius 1 is 0.282 bits per heavy atom. The molecule has 0 bridgehead atoms. The smallest absolute Gasteiger partial charge is 0.0152 e. The molecular formula is C39H64. The van der Waals surface area contributed by atoms with Crippen LogP contribution in [0.1, 0.15) is 183 Å². The van der Waals surface area contributed by atoms with E-state index >= 15 is 0 Å². The summed E-state index contributed by atoms with van der Waals surface area (Å²) in [6, 6.07) is 10.1. The highest BCUT2D eigenvalue weighted by molar-refractivity contribution is 5.58. The first-order valence-electron chi connectivity index (χ1n) is 15.3. The molecule has 2 rings (SSSR count). The molecule has 0 amide bonds. The van der Waals surface area contributed by atoms with Gasteiger partial charge in [-0.05, 0) is 77.0 Å². The van der Waals surface area contributed by atoms with E-state index in [9.17, 15) is 0 Å². The zero-order valence-corrected chi connectivity index (χ0v) is 29.8. The Balaban J connectivity index is 3.24. The minimum absolute atomic E-state index is 0.0105. The van der Waals surface area contributed by atoms with E-state index < -0.39 is 0 Å². The van der Waals surface area contributed by atoms with Crippen LogP contribution >= 0.6 is 0 Å². The SMILES string of the molecule is CC(C)(C)c1cc(C(C)(C)C)c(C(C)(C)c2ccc(C(C)(C)C)c(C(C)(C)C)c2C(C)(C)C)cc1C(C)(C)C. The fraction of sp³-hybridized carbons (Fsp3) is 0.692. The van der Waals surface area contributed by atoms with Crippen molar-refractivity contribution in [3.63, 3.8) is 0 Å². The highest BCUT2D eigenvalue weighted by Crippen LogP contribution is 2.50. The molecule has 0 spiro atoms. The van der Waals surface area contributed by atoms with Gasteiger partial charge in [-0.25, -0.2) is 0 Å². The van der Waals surface area contributed by atoms with Crippen molar-refractivity contribution in [2.75, 3.05) is 0 Å². The van der Waals surface area contributed by atoms with Crippen molar-refractivity contribution in [1.82, 2.24) is 0 Å². The van der Waals surface area contributed by atoms with Gasteiger partial charge in [0.25, 0.3) is 0 Å². The fourth-order valence-corrected chi connectivity index (χ4v) is 6.43. The van der Waals surface area contributed by atoms with Crippen LogP contribution in [-0.2, 0) is 37.9 Å². The van der Waals surface area contributed by atoms with E-state index in [0.717, 1.165) is 0 Å². The van der Waals surface area contributed by atoms with Crippen LogP contribution in [0.5, 0.6) is 0 Å². The summed E-state index contributed by atoms with van der Waals surface area (Å²) in [5.74, 6) is 0. The molecule has 0 unspecified atom stereocenters. The predicted molar refractivity (Wildman–Crippen MR) is 177 cm³/mol. The third kappa shape index (κ3) is 6.85. The second kappa shape index (κ2) is 9.77. The van der Waals surface area contributed by atoms with Gasteiger partial charge in [0.1, 0.15) is 0 Å². The summed E-state index contributed by atoms with van der Waals surface area (Å²) in [5, 5.41) is 0. The lowest BCUT2D eigenvalue weighted by Crippen LogP contribution is -2.35. The minimum atomic E-state index is -0.169. The maximum atomic E-state index is 2.60. The van der Waals surface area contributed by atoms with Crippen molar-refractivity contribution in [1.29, 1.82) is 0 Å². The first-order valence-corrected chi connectivity index (χ1v) is 15.3. The molecule has 0 radical (unpaired) electrons. The monoisotopic (exact) mass is 533 g/mol. The maximum Gasteiger partial charge on any atom is 0.0152 e. The second-order valence-electron chi connectivity index (χ2n) is 19.0. The first-order chi connectivity index (χ1) is 16.9. The van der Waals surface area contributed by atoms with Crippen molar-refractivity contribution < 1.29 is 0 Å². The molecule has 0 aromatic heterocycles. The number of benzene rings is 2. The molecule has 2 aromatic carbocycles. The van der Waals surface area contributed by atoms with E-state index in [1.807, 2.05) is 0 Å². The molecule has 0 heterocycles. The van der Waals surface area contributed by atoms with Gasteiger partial charge >= 0.3 is 0 Å². The molecule has 0 saturated carbocycles. The van der Waals surface area contributed by atoms with E-state index in [4.69, 9.17) is 0 Å². The molecule has 0 N–H and O–H groups in total. The van der Waals surface area contributed by atoms with Crippen LogP contribution in [0.2, 0.25) is 0 Å². The Kier molecular flexibility index (Phi) is 8.43. The van der Waals surface area contributed by atoms with Gasteiger partial charge in [-0.3, -0.25) is 0 Å². The van der Waals surface area contributed by atoms with Crippen molar-refractivity contribution in [3.05, 3.63) is 68.8 Å². The summed E-state index contributed by atoms with van der Waals surface area (Å²) in [6.07, 6.45) is 0. The Hall–Kier alpha value is -1.56. The first kappa shape index (κ1) is 33.6. The summed E-state index contributed by atoms with van der Waals surface area (Å²) >= 11 is 0. The summed E-state index contributed by atoms with van der Waals surface area (Å²) in [4.78, 5) is 0. The molecule has 0 nitrogen and oxygen atoms in total. The number of rotatable bonds is 2. The molecule has 39 heavy (non-hydrogen) atoms. The Morgan fingerprint density at radius 3 is 0.846 bits per heavy atom.